The maximum atomic E-state index is 11.6. The van der Waals surface area contributed by atoms with Gasteiger partial charge >= 0.3 is 5.97 Å². The molecular formula is C15H18N4O2. The molecule has 2 aromatic rings. The van der Waals surface area contributed by atoms with E-state index in [1.54, 1.807) is 10.7 Å². The summed E-state index contributed by atoms with van der Waals surface area (Å²) in [6, 6.07) is 1.95. The number of anilines is 1. The number of hydrogen-bond donors (Lipinski definition) is 2. The SMILES string of the molecule is Cc1cc2c(NC3C4CCC(C4)C3C(=O)O)nccn2n1. The summed E-state index contributed by atoms with van der Waals surface area (Å²) in [6.07, 6.45) is 6.69. The number of carboxylic acid groups (broad SMARTS) is 1. The van der Waals surface area contributed by atoms with Gasteiger partial charge in [-0.1, -0.05) is 0 Å². The molecule has 0 saturated heterocycles. The minimum absolute atomic E-state index is 0.0184. The summed E-state index contributed by atoms with van der Waals surface area (Å²) in [5, 5.41) is 17.3. The molecule has 4 atom stereocenters. The van der Waals surface area contributed by atoms with Gasteiger partial charge in [0.1, 0.15) is 5.52 Å². The zero-order valence-corrected chi connectivity index (χ0v) is 11.9. The van der Waals surface area contributed by atoms with Gasteiger partial charge in [-0.05, 0) is 44.1 Å². The molecule has 110 valence electrons. The van der Waals surface area contributed by atoms with Crippen molar-refractivity contribution in [3.8, 4) is 0 Å². The normalized spacial score (nSPS) is 30.9. The Kier molecular flexibility index (Phi) is 2.67. The van der Waals surface area contributed by atoms with Gasteiger partial charge in [0.15, 0.2) is 5.82 Å². The van der Waals surface area contributed by atoms with E-state index in [9.17, 15) is 9.90 Å². The van der Waals surface area contributed by atoms with E-state index in [4.69, 9.17) is 0 Å². The molecule has 0 radical (unpaired) electrons. The fourth-order valence-corrected chi connectivity index (χ4v) is 4.17. The quantitative estimate of drug-likeness (QED) is 0.901. The van der Waals surface area contributed by atoms with Crippen LogP contribution in [0, 0.1) is 24.7 Å². The van der Waals surface area contributed by atoms with Crippen LogP contribution in [-0.2, 0) is 4.79 Å². The lowest BCUT2D eigenvalue weighted by molar-refractivity contribution is -0.143. The average Bonchev–Trinajstić information content (AvgIpc) is 3.11. The molecule has 21 heavy (non-hydrogen) atoms. The van der Waals surface area contributed by atoms with Crippen LogP contribution in [0.1, 0.15) is 25.0 Å². The molecule has 2 bridgehead atoms. The summed E-state index contributed by atoms with van der Waals surface area (Å²) in [4.78, 5) is 16.0. The van der Waals surface area contributed by atoms with Gasteiger partial charge in [-0.25, -0.2) is 9.50 Å². The van der Waals surface area contributed by atoms with Crippen molar-refractivity contribution in [1.82, 2.24) is 14.6 Å². The Morgan fingerprint density at radius 2 is 2.24 bits per heavy atom. The third kappa shape index (κ3) is 1.89. The number of aliphatic carboxylic acids is 1. The molecule has 0 spiro atoms. The van der Waals surface area contributed by atoms with Crippen LogP contribution in [0.4, 0.5) is 5.82 Å². The van der Waals surface area contributed by atoms with E-state index < -0.39 is 5.97 Å². The molecule has 0 amide bonds. The topological polar surface area (TPSA) is 79.5 Å². The van der Waals surface area contributed by atoms with E-state index in [-0.39, 0.29) is 12.0 Å². The van der Waals surface area contributed by atoms with Gasteiger partial charge in [0.05, 0.1) is 11.6 Å². The van der Waals surface area contributed by atoms with Gasteiger partial charge in [0.25, 0.3) is 0 Å². The van der Waals surface area contributed by atoms with Crippen molar-refractivity contribution in [2.24, 2.45) is 17.8 Å². The van der Waals surface area contributed by atoms with E-state index in [0.717, 1.165) is 36.3 Å². The largest absolute Gasteiger partial charge is 0.481 e. The lowest BCUT2D eigenvalue weighted by Crippen LogP contribution is -2.39. The number of carboxylic acids is 1. The van der Waals surface area contributed by atoms with Crippen LogP contribution >= 0.6 is 0 Å². The average molecular weight is 286 g/mol. The highest BCUT2D eigenvalue weighted by molar-refractivity contribution is 5.74. The first kappa shape index (κ1) is 12.6. The van der Waals surface area contributed by atoms with E-state index in [2.05, 4.69) is 15.4 Å². The van der Waals surface area contributed by atoms with Gasteiger partial charge in [-0.3, -0.25) is 4.79 Å². The Balaban J connectivity index is 1.69. The monoisotopic (exact) mass is 286 g/mol. The van der Waals surface area contributed by atoms with Gasteiger partial charge in [0, 0.05) is 18.4 Å². The minimum atomic E-state index is -0.684. The van der Waals surface area contributed by atoms with Gasteiger partial charge < -0.3 is 10.4 Å². The van der Waals surface area contributed by atoms with E-state index in [0.29, 0.717) is 11.8 Å². The third-order valence-electron chi connectivity index (χ3n) is 5.02. The number of aryl methyl sites for hydroxylation is 1. The molecular weight excluding hydrogens is 268 g/mol. The first-order chi connectivity index (χ1) is 10.1. The predicted octanol–water partition coefficient (Wildman–Crippen LogP) is 1.95. The van der Waals surface area contributed by atoms with Crippen LogP contribution < -0.4 is 5.32 Å². The molecule has 2 aromatic heterocycles. The lowest BCUT2D eigenvalue weighted by Gasteiger charge is -2.29. The standard InChI is InChI=1S/C15H18N4O2/c1-8-6-11-14(16-4-5-19(11)18-8)17-13-10-3-2-9(7-10)12(13)15(20)21/h4-6,9-10,12-13H,2-3,7H2,1H3,(H,16,17)(H,20,21). The van der Waals surface area contributed by atoms with Gasteiger partial charge in [-0.15, -0.1) is 0 Å². The fraction of sp³-hybridized carbons (Fsp3) is 0.533. The second-order valence-electron chi connectivity index (χ2n) is 6.26. The molecule has 0 aliphatic heterocycles. The zero-order chi connectivity index (χ0) is 14.6. The predicted molar refractivity (Wildman–Crippen MR) is 77.1 cm³/mol. The maximum absolute atomic E-state index is 11.6. The van der Waals surface area contributed by atoms with Crippen molar-refractivity contribution in [2.75, 3.05) is 5.32 Å². The van der Waals surface area contributed by atoms with Crippen molar-refractivity contribution in [3.63, 3.8) is 0 Å². The second-order valence-corrected chi connectivity index (χ2v) is 6.26. The highest BCUT2D eigenvalue weighted by atomic mass is 16.4. The van der Waals surface area contributed by atoms with Crippen molar-refractivity contribution >= 4 is 17.3 Å². The highest BCUT2D eigenvalue weighted by Gasteiger charge is 2.51. The number of aromatic nitrogens is 3. The van der Waals surface area contributed by atoms with Crippen molar-refractivity contribution < 1.29 is 9.90 Å². The molecule has 4 unspecified atom stereocenters. The van der Waals surface area contributed by atoms with Crippen LogP contribution in [-0.4, -0.2) is 31.7 Å². The van der Waals surface area contributed by atoms with Crippen molar-refractivity contribution in [2.45, 2.75) is 32.2 Å². The van der Waals surface area contributed by atoms with Crippen LogP contribution in [0.2, 0.25) is 0 Å². The van der Waals surface area contributed by atoms with Crippen LogP contribution in [0.25, 0.3) is 5.52 Å². The highest BCUT2D eigenvalue weighted by Crippen LogP contribution is 2.49. The smallest absolute Gasteiger partial charge is 0.308 e. The Labute approximate surface area is 122 Å². The van der Waals surface area contributed by atoms with E-state index >= 15 is 0 Å². The molecule has 2 heterocycles. The lowest BCUT2D eigenvalue weighted by atomic mass is 9.84. The summed E-state index contributed by atoms with van der Waals surface area (Å²) in [5.74, 6) is 0.520. The Morgan fingerprint density at radius 1 is 1.43 bits per heavy atom. The molecule has 6 nitrogen and oxygen atoms in total. The number of rotatable bonds is 3. The van der Waals surface area contributed by atoms with Crippen molar-refractivity contribution in [3.05, 3.63) is 24.2 Å². The maximum Gasteiger partial charge on any atom is 0.308 e. The molecule has 2 N–H and O–H groups in total. The number of hydrogen-bond acceptors (Lipinski definition) is 4. The summed E-state index contributed by atoms with van der Waals surface area (Å²) in [7, 11) is 0. The summed E-state index contributed by atoms with van der Waals surface area (Å²) in [5.41, 5.74) is 1.83. The van der Waals surface area contributed by atoms with Crippen LogP contribution in [0.3, 0.4) is 0 Å². The second kappa shape index (κ2) is 4.44. The number of nitrogens with zero attached hydrogens (tertiary/aromatic N) is 3. The van der Waals surface area contributed by atoms with Crippen LogP contribution in [0.15, 0.2) is 18.5 Å². The van der Waals surface area contributed by atoms with Gasteiger partial charge in [0.2, 0.25) is 0 Å². The first-order valence-corrected chi connectivity index (χ1v) is 7.44. The van der Waals surface area contributed by atoms with E-state index in [1.807, 2.05) is 19.2 Å². The van der Waals surface area contributed by atoms with Crippen LogP contribution in [0.5, 0.6) is 0 Å². The number of carbonyl (C=O) groups is 1. The molecule has 2 saturated carbocycles. The minimum Gasteiger partial charge on any atom is -0.481 e. The van der Waals surface area contributed by atoms with Gasteiger partial charge in [-0.2, -0.15) is 5.10 Å². The summed E-state index contributed by atoms with van der Waals surface area (Å²) in [6.45, 7) is 1.94. The summed E-state index contributed by atoms with van der Waals surface area (Å²) >= 11 is 0. The Morgan fingerprint density at radius 3 is 3.05 bits per heavy atom. The van der Waals surface area contributed by atoms with Crippen molar-refractivity contribution in [1.29, 1.82) is 0 Å². The first-order valence-electron chi connectivity index (χ1n) is 7.44. The number of nitrogens with one attached hydrogen (secondary N) is 1. The molecule has 4 rings (SSSR count). The molecule has 2 aliphatic rings. The fourth-order valence-electron chi connectivity index (χ4n) is 4.17. The van der Waals surface area contributed by atoms with E-state index in [1.165, 1.54) is 0 Å². The molecule has 6 heteroatoms. The zero-order valence-electron chi connectivity index (χ0n) is 11.9. The molecule has 2 fully saturated rings. The Hall–Kier alpha value is -2.11. The molecule has 0 aromatic carbocycles. The Bertz CT molecular complexity index is 711. The third-order valence-corrected chi connectivity index (χ3v) is 5.02. The summed E-state index contributed by atoms with van der Waals surface area (Å²) < 4.78 is 1.79. The number of fused-ring (bicyclic) bond motifs is 3. The molecule has 2 aliphatic carbocycles.